The summed E-state index contributed by atoms with van der Waals surface area (Å²) in [6.07, 6.45) is 66.5. The molecule has 0 saturated carbocycles. The molecule has 0 aliphatic carbocycles. The van der Waals surface area contributed by atoms with Crippen molar-refractivity contribution in [2.24, 2.45) is 17.8 Å². The number of phosphoric ester groups is 2. The topological polar surface area (TPSA) is 237 Å². The third-order valence-electron chi connectivity index (χ3n) is 20.5. The normalized spacial score (nSPS) is 14.1. The number of carbonyl (C=O) groups excluding carboxylic acids is 4. The van der Waals surface area contributed by atoms with Crippen LogP contribution in [0, 0.1) is 17.8 Å². The fraction of sp³-hybridized carbons (Fsp3) is 0.953. The van der Waals surface area contributed by atoms with Gasteiger partial charge in [-0.25, -0.2) is 9.13 Å². The van der Waals surface area contributed by atoms with Gasteiger partial charge in [-0.05, 0) is 43.4 Å². The lowest BCUT2D eigenvalue weighted by Gasteiger charge is -2.21. The van der Waals surface area contributed by atoms with Crippen molar-refractivity contribution in [2.45, 2.75) is 471 Å². The largest absolute Gasteiger partial charge is 0.472 e. The van der Waals surface area contributed by atoms with E-state index in [1.807, 2.05) is 0 Å². The van der Waals surface area contributed by atoms with Gasteiger partial charge in [0, 0.05) is 25.7 Å². The molecule has 0 aromatic carbocycles. The molecule has 0 aromatic rings. The molecule has 105 heavy (non-hydrogen) atoms. The second kappa shape index (κ2) is 76.1. The van der Waals surface area contributed by atoms with Gasteiger partial charge in [-0.3, -0.25) is 37.3 Å². The summed E-state index contributed by atoms with van der Waals surface area (Å²) in [5.74, 6) is 0.266. The first-order chi connectivity index (χ1) is 50.8. The lowest BCUT2D eigenvalue weighted by molar-refractivity contribution is -0.161. The summed E-state index contributed by atoms with van der Waals surface area (Å²) in [6, 6.07) is 0. The second-order valence-corrected chi connectivity index (χ2v) is 35.0. The Labute approximate surface area is 645 Å². The predicted octanol–water partition coefficient (Wildman–Crippen LogP) is 26.1. The summed E-state index contributed by atoms with van der Waals surface area (Å²) in [5.41, 5.74) is 0. The molecule has 19 heteroatoms. The fourth-order valence-electron chi connectivity index (χ4n) is 13.3. The van der Waals surface area contributed by atoms with Gasteiger partial charge < -0.3 is 33.8 Å². The Morgan fingerprint density at radius 3 is 0.724 bits per heavy atom. The van der Waals surface area contributed by atoms with Crippen LogP contribution in [0.1, 0.15) is 453 Å². The van der Waals surface area contributed by atoms with E-state index in [0.29, 0.717) is 25.7 Å². The summed E-state index contributed by atoms with van der Waals surface area (Å²) in [4.78, 5) is 73.3. The number of aliphatic hydroxyl groups excluding tert-OH is 1. The Kier molecular flexibility index (Phi) is 74.7. The highest BCUT2D eigenvalue weighted by Crippen LogP contribution is 2.45. The standard InChI is InChI=1S/C86H168O17P2/c1-8-10-11-12-13-14-15-16-17-18-19-20-24-27-30-39-46-53-60-67-83(88)96-73-81(102-85(90)69-62-55-48-41-31-28-25-22-21-23-26-29-36-43-50-57-64-77(3)4)75-100-104(92,93)98-71-80(87)72-99-105(94,95)101-76-82(74-97-84(89)68-61-54-47-40-34-32-37-44-51-58-65-78(5)6)103-86(91)70-63-56-49-42-35-33-38-45-52-59-66-79(7)9-2/h77-82,87H,8-76H2,1-7H3,(H,92,93)(H,94,95)/t79?,80-,81-,82-/m1/s1. The number of hydrogen-bond acceptors (Lipinski definition) is 15. The van der Waals surface area contributed by atoms with Crippen LogP contribution >= 0.6 is 15.6 Å². The molecule has 0 amide bonds. The quantitative estimate of drug-likeness (QED) is 0.0222. The van der Waals surface area contributed by atoms with Crippen LogP contribution in [0.3, 0.4) is 0 Å². The molecule has 0 aliphatic heterocycles. The minimum atomic E-state index is -4.97. The molecule has 17 nitrogen and oxygen atoms in total. The fourth-order valence-corrected chi connectivity index (χ4v) is 14.9. The van der Waals surface area contributed by atoms with Crippen LogP contribution < -0.4 is 0 Å². The van der Waals surface area contributed by atoms with Crippen LogP contribution in [0.5, 0.6) is 0 Å². The van der Waals surface area contributed by atoms with E-state index >= 15 is 0 Å². The monoisotopic (exact) mass is 1540 g/mol. The highest BCUT2D eigenvalue weighted by molar-refractivity contribution is 7.47. The molecule has 0 bridgehead atoms. The van der Waals surface area contributed by atoms with Gasteiger partial charge in [-0.15, -0.1) is 0 Å². The molecule has 0 heterocycles. The Morgan fingerprint density at radius 1 is 0.276 bits per heavy atom. The third kappa shape index (κ3) is 78.5. The van der Waals surface area contributed by atoms with E-state index in [0.717, 1.165) is 108 Å². The van der Waals surface area contributed by atoms with E-state index in [9.17, 15) is 43.2 Å². The number of aliphatic hydroxyl groups is 1. The molecule has 0 fully saturated rings. The summed E-state index contributed by atoms with van der Waals surface area (Å²) in [5, 5.41) is 10.7. The van der Waals surface area contributed by atoms with E-state index in [1.165, 1.54) is 263 Å². The van der Waals surface area contributed by atoms with E-state index in [4.69, 9.17) is 37.0 Å². The van der Waals surface area contributed by atoms with Crippen molar-refractivity contribution in [3.63, 3.8) is 0 Å². The Hall–Kier alpha value is -1.94. The molecule has 0 rings (SSSR count). The number of phosphoric acid groups is 2. The van der Waals surface area contributed by atoms with Crippen LogP contribution in [0.2, 0.25) is 0 Å². The highest BCUT2D eigenvalue weighted by atomic mass is 31.2. The maximum Gasteiger partial charge on any atom is 0.472 e. The van der Waals surface area contributed by atoms with Crippen LogP contribution in [0.4, 0.5) is 0 Å². The van der Waals surface area contributed by atoms with Crippen molar-refractivity contribution in [2.75, 3.05) is 39.6 Å². The number of rotatable bonds is 84. The first-order valence-electron chi connectivity index (χ1n) is 44.4. The zero-order valence-corrected chi connectivity index (χ0v) is 71.0. The van der Waals surface area contributed by atoms with Gasteiger partial charge in [-0.1, -0.05) is 402 Å². The summed E-state index contributed by atoms with van der Waals surface area (Å²) >= 11 is 0. The van der Waals surface area contributed by atoms with Crippen molar-refractivity contribution in [1.29, 1.82) is 0 Å². The van der Waals surface area contributed by atoms with Gasteiger partial charge in [0.25, 0.3) is 0 Å². The molecule has 0 aromatic heterocycles. The summed E-state index contributed by atoms with van der Waals surface area (Å²) in [7, 11) is -9.93. The van der Waals surface area contributed by atoms with E-state index in [-0.39, 0.29) is 25.7 Å². The Bertz CT molecular complexity index is 2030. The van der Waals surface area contributed by atoms with Gasteiger partial charge >= 0.3 is 39.5 Å². The molecule has 0 radical (unpaired) electrons. The van der Waals surface area contributed by atoms with E-state index in [2.05, 4.69) is 48.5 Å². The number of hydrogen-bond donors (Lipinski definition) is 3. The highest BCUT2D eigenvalue weighted by Gasteiger charge is 2.30. The average molecular weight is 1540 g/mol. The number of esters is 4. The van der Waals surface area contributed by atoms with Gasteiger partial charge in [0.15, 0.2) is 12.2 Å². The maximum absolute atomic E-state index is 13.2. The first kappa shape index (κ1) is 103. The predicted molar refractivity (Wildman–Crippen MR) is 432 cm³/mol. The van der Waals surface area contributed by atoms with Crippen molar-refractivity contribution >= 4 is 39.5 Å². The van der Waals surface area contributed by atoms with Gasteiger partial charge in [-0.2, -0.15) is 0 Å². The van der Waals surface area contributed by atoms with Gasteiger partial charge in [0.05, 0.1) is 26.4 Å². The van der Waals surface area contributed by atoms with Gasteiger partial charge in [0.2, 0.25) is 0 Å². The Balaban J connectivity index is 5.26. The molecule has 3 N–H and O–H groups in total. The van der Waals surface area contributed by atoms with Crippen molar-refractivity contribution in [1.82, 2.24) is 0 Å². The van der Waals surface area contributed by atoms with E-state index < -0.39 is 97.5 Å². The van der Waals surface area contributed by atoms with Gasteiger partial charge in [0.1, 0.15) is 19.3 Å². The number of ether oxygens (including phenoxy) is 4. The minimum absolute atomic E-state index is 0.106. The zero-order valence-electron chi connectivity index (χ0n) is 69.2. The lowest BCUT2D eigenvalue weighted by atomic mass is 9.99. The first-order valence-corrected chi connectivity index (χ1v) is 47.4. The Morgan fingerprint density at radius 2 is 0.486 bits per heavy atom. The molecule has 0 aliphatic rings. The van der Waals surface area contributed by atoms with Crippen molar-refractivity contribution in [3.8, 4) is 0 Å². The second-order valence-electron chi connectivity index (χ2n) is 32.1. The molecular weight excluding hydrogens is 1370 g/mol. The maximum atomic E-state index is 13.2. The average Bonchev–Trinajstić information content (AvgIpc) is 0.918. The molecular formula is C86H168O17P2. The van der Waals surface area contributed by atoms with E-state index in [1.54, 1.807) is 0 Å². The number of carbonyl (C=O) groups is 4. The molecule has 624 valence electrons. The van der Waals surface area contributed by atoms with Crippen LogP contribution in [-0.2, 0) is 65.4 Å². The van der Waals surface area contributed by atoms with Crippen molar-refractivity contribution < 1.29 is 80.2 Å². The minimum Gasteiger partial charge on any atom is -0.462 e. The lowest BCUT2D eigenvalue weighted by Crippen LogP contribution is -2.30. The van der Waals surface area contributed by atoms with Crippen LogP contribution in [0.25, 0.3) is 0 Å². The molecule has 0 spiro atoms. The summed E-state index contributed by atoms with van der Waals surface area (Å²) < 4.78 is 68.9. The zero-order chi connectivity index (χ0) is 77.2. The number of unbranched alkanes of at least 4 members (excludes halogenated alkanes) is 51. The summed E-state index contributed by atoms with van der Waals surface area (Å²) in [6.45, 7) is 12.0. The molecule has 3 unspecified atom stereocenters. The smallest absolute Gasteiger partial charge is 0.462 e. The SMILES string of the molecule is CCCCCCCCCCCCCCCCCCCCCC(=O)OC[C@H](COP(=O)(O)OC[C@@H](O)COP(=O)(O)OC[C@@H](COC(=O)CCCCCCCCCCCCC(C)C)OC(=O)CCCCCCCCCCCCC(C)CC)OC(=O)CCCCCCCCCCCCCCCCCCC(C)C. The molecule has 0 saturated heterocycles. The molecule has 6 atom stereocenters. The van der Waals surface area contributed by atoms with Crippen molar-refractivity contribution in [3.05, 3.63) is 0 Å². The van der Waals surface area contributed by atoms with Crippen LogP contribution in [0.15, 0.2) is 0 Å². The third-order valence-corrected chi connectivity index (χ3v) is 22.4. The van der Waals surface area contributed by atoms with Crippen LogP contribution in [-0.4, -0.2) is 96.7 Å².